The van der Waals surface area contributed by atoms with Crippen LogP contribution in [-0.2, 0) is 4.79 Å². The number of ketones is 1. The van der Waals surface area contributed by atoms with E-state index < -0.39 is 10.8 Å². The van der Waals surface area contributed by atoms with E-state index in [4.69, 9.17) is 9.47 Å². The lowest BCUT2D eigenvalue weighted by Gasteiger charge is -2.12. The summed E-state index contributed by atoms with van der Waals surface area (Å²) in [7, 11) is 1.54. The highest BCUT2D eigenvalue weighted by Crippen LogP contribution is 2.34. The summed E-state index contributed by atoms with van der Waals surface area (Å²) in [4.78, 5) is 34.5. The van der Waals surface area contributed by atoms with E-state index in [2.05, 4.69) is 5.32 Å². The maximum atomic E-state index is 12.3. The molecular weight excluding hydrogens is 400 g/mol. The molecule has 3 aromatic carbocycles. The van der Waals surface area contributed by atoms with Crippen LogP contribution in [0.5, 0.6) is 11.5 Å². The lowest BCUT2D eigenvalue weighted by atomic mass is 10.0. The van der Waals surface area contributed by atoms with Gasteiger partial charge in [0.15, 0.2) is 12.4 Å². The van der Waals surface area contributed by atoms with Crippen LogP contribution in [0, 0.1) is 10.1 Å². The van der Waals surface area contributed by atoms with Gasteiger partial charge in [-0.1, -0.05) is 24.3 Å². The summed E-state index contributed by atoms with van der Waals surface area (Å²) in [5, 5.41) is 13.9. The van der Waals surface area contributed by atoms with E-state index in [1.165, 1.54) is 25.1 Å². The molecule has 0 aliphatic rings. The van der Waals surface area contributed by atoms with Crippen molar-refractivity contribution >= 4 is 23.1 Å². The van der Waals surface area contributed by atoms with Crippen LogP contribution in [0.3, 0.4) is 0 Å². The number of amides is 1. The first kappa shape index (κ1) is 21.5. The smallest absolute Gasteiger partial charge is 0.270 e. The Balaban J connectivity index is 1.78. The van der Waals surface area contributed by atoms with Crippen LogP contribution in [0.4, 0.5) is 11.4 Å². The van der Waals surface area contributed by atoms with Crippen molar-refractivity contribution in [3.63, 3.8) is 0 Å². The number of carbonyl (C=O) groups is 2. The molecule has 0 fully saturated rings. The van der Waals surface area contributed by atoms with Gasteiger partial charge < -0.3 is 14.8 Å². The number of anilines is 1. The van der Waals surface area contributed by atoms with E-state index >= 15 is 0 Å². The van der Waals surface area contributed by atoms with Gasteiger partial charge in [0.2, 0.25) is 0 Å². The fraction of sp³-hybridized carbons (Fsp3) is 0.130. The van der Waals surface area contributed by atoms with E-state index in [0.717, 1.165) is 0 Å². The van der Waals surface area contributed by atoms with Gasteiger partial charge >= 0.3 is 0 Å². The molecule has 0 aromatic heterocycles. The molecule has 1 N–H and O–H groups in total. The monoisotopic (exact) mass is 420 g/mol. The third-order valence-corrected chi connectivity index (χ3v) is 4.49. The Morgan fingerprint density at radius 2 is 1.77 bits per heavy atom. The van der Waals surface area contributed by atoms with E-state index in [1.54, 1.807) is 55.6 Å². The zero-order chi connectivity index (χ0) is 22.4. The number of methoxy groups -OCH3 is 1. The van der Waals surface area contributed by atoms with Crippen molar-refractivity contribution in [2.75, 3.05) is 19.0 Å². The largest absolute Gasteiger partial charge is 0.497 e. The minimum absolute atomic E-state index is 0.0938. The Morgan fingerprint density at radius 3 is 2.42 bits per heavy atom. The molecule has 0 spiro atoms. The van der Waals surface area contributed by atoms with Crippen LogP contribution < -0.4 is 14.8 Å². The van der Waals surface area contributed by atoms with Crippen LogP contribution in [0.2, 0.25) is 0 Å². The lowest BCUT2D eigenvalue weighted by molar-refractivity contribution is -0.384. The summed E-state index contributed by atoms with van der Waals surface area (Å²) >= 11 is 0. The molecule has 8 heteroatoms. The van der Waals surface area contributed by atoms with Crippen molar-refractivity contribution in [1.29, 1.82) is 0 Å². The number of nitrogens with zero attached hydrogens (tertiary/aromatic N) is 1. The Hall–Kier alpha value is -4.20. The molecule has 0 saturated carbocycles. The Morgan fingerprint density at radius 1 is 1.03 bits per heavy atom. The molecule has 0 radical (unpaired) electrons. The number of nitro groups is 1. The predicted molar refractivity (Wildman–Crippen MR) is 116 cm³/mol. The summed E-state index contributed by atoms with van der Waals surface area (Å²) < 4.78 is 10.8. The second-order valence-electron chi connectivity index (χ2n) is 6.64. The number of Topliss-reactive ketones (excluding diaryl/α,β-unsaturated/α-hetero) is 1. The molecule has 8 nitrogen and oxygen atoms in total. The van der Waals surface area contributed by atoms with E-state index in [-0.39, 0.29) is 18.1 Å². The highest BCUT2D eigenvalue weighted by molar-refractivity contribution is 5.97. The standard InChI is InChI=1S/C23H20N2O6/c1-15(26)17-4-3-5-18(12-17)24-23(27)14-31-22-11-8-19(25(28)29)13-21(22)16-6-9-20(30-2)10-7-16/h3-13H,14H2,1-2H3,(H,24,27). The molecule has 31 heavy (non-hydrogen) atoms. The summed E-state index contributed by atoms with van der Waals surface area (Å²) in [6, 6.07) is 17.7. The number of hydrogen-bond acceptors (Lipinski definition) is 6. The molecule has 158 valence electrons. The van der Waals surface area contributed by atoms with Crippen LogP contribution in [0.15, 0.2) is 66.7 Å². The van der Waals surface area contributed by atoms with Gasteiger partial charge in [-0.15, -0.1) is 0 Å². The zero-order valence-corrected chi connectivity index (χ0v) is 17.0. The molecule has 1 amide bonds. The molecule has 3 aromatic rings. The summed E-state index contributed by atoms with van der Waals surface area (Å²) in [6.07, 6.45) is 0. The quantitative estimate of drug-likeness (QED) is 0.327. The Bertz CT molecular complexity index is 1130. The first-order valence-corrected chi connectivity index (χ1v) is 9.34. The highest BCUT2D eigenvalue weighted by Gasteiger charge is 2.15. The number of hydrogen-bond donors (Lipinski definition) is 1. The van der Waals surface area contributed by atoms with Gasteiger partial charge in [-0.2, -0.15) is 0 Å². The highest BCUT2D eigenvalue weighted by atomic mass is 16.6. The van der Waals surface area contributed by atoms with Crippen molar-refractivity contribution < 1.29 is 24.0 Å². The summed E-state index contributed by atoms with van der Waals surface area (Å²) in [6.45, 7) is 1.13. The van der Waals surface area contributed by atoms with Crippen LogP contribution in [0.1, 0.15) is 17.3 Å². The van der Waals surface area contributed by atoms with Crippen molar-refractivity contribution in [2.24, 2.45) is 0 Å². The minimum Gasteiger partial charge on any atom is -0.497 e. The summed E-state index contributed by atoms with van der Waals surface area (Å²) in [5.74, 6) is 0.425. The van der Waals surface area contributed by atoms with Crippen molar-refractivity contribution in [2.45, 2.75) is 6.92 Å². The average molecular weight is 420 g/mol. The first-order valence-electron chi connectivity index (χ1n) is 9.34. The number of rotatable bonds is 8. The molecule has 0 bridgehead atoms. The van der Waals surface area contributed by atoms with Gasteiger partial charge in [0, 0.05) is 28.9 Å². The predicted octanol–water partition coefficient (Wildman–Crippen LogP) is 4.49. The van der Waals surface area contributed by atoms with E-state index in [9.17, 15) is 19.7 Å². The fourth-order valence-electron chi connectivity index (χ4n) is 2.91. The van der Waals surface area contributed by atoms with Crippen molar-refractivity contribution in [1.82, 2.24) is 0 Å². The molecule has 0 saturated heterocycles. The molecular formula is C23H20N2O6. The molecule has 0 aliphatic heterocycles. The van der Waals surface area contributed by atoms with Gasteiger partial charge in [-0.25, -0.2) is 0 Å². The number of nitrogens with one attached hydrogen (secondary N) is 1. The number of nitro benzene ring substituents is 1. The maximum absolute atomic E-state index is 12.3. The molecule has 0 atom stereocenters. The zero-order valence-electron chi connectivity index (χ0n) is 17.0. The molecule has 0 aliphatic carbocycles. The fourth-order valence-corrected chi connectivity index (χ4v) is 2.91. The van der Waals surface area contributed by atoms with Gasteiger partial charge in [0.05, 0.1) is 12.0 Å². The topological polar surface area (TPSA) is 108 Å². The second kappa shape index (κ2) is 9.53. The maximum Gasteiger partial charge on any atom is 0.270 e. The number of benzene rings is 3. The molecule has 0 heterocycles. The van der Waals surface area contributed by atoms with Crippen molar-refractivity contribution in [3.8, 4) is 22.6 Å². The van der Waals surface area contributed by atoms with Crippen LogP contribution in [0.25, 0.3) is 11.1 Å². The first-order chi connectivity index (χ1) is 14.9. The minimum atomic E-state index is -0.495. The Kier molecular flexibility index (Phi) is 6.61. The number of ether oxygens (including phenoxy) is 2. The third-order valence-electron chi connectivity index (χ3n) is 4.49. The number of carbonyl (C=O) groups excluding carboxylic acids is 2. The van der Waals surface area contributed by atoms with Crippen LogP contribution >= 0.6 is 0 Å². The lowest BCUT2D eigenvalue weighted by Crippen LogP contribution is -2.20. The van der Waals surface area contributed by atoms with E-state index in [1.807, 2.05) is 0 Å². The molecule has 0 unspecified atom stereocenters. The summed E-state index contributed by atoms with van der Waals surface area (Å²) in [5.41, 5.74) is 2.01. The van der Waals surface area contributed by atoms with Gasteiger partial charge in [-0.3, -0.25) is 19.7 Å². The van der Waals surface area contributed by atoms with Gasteiger partial charge in [-0.05, 0) is 42.8 Å². The average Bonchev–Trinajstić information content (AvgIpc) is 2.77. The second-order valence-corrected chi connectivity index (χ2v) is 6.64. The van der Waals surface area contributed by atoms with Gasteiger partial charge in [0.1, 0.15) is 11.5 Å². The normalized spacial score (nSPS) is 10.3. The SMILES string of the molecule is COc1ccc(-c2cc([N+](=O)[O-])ccc2OCC(=O)Nc2cccc(C(C)=O)c2)cc1. The van der Waals surface area contributed by atoms with Crippen LogP contribution in [-0.4, -0.2) is 30.3 Å². The van der Waals surface area contributed by atoms with Gasteiger partial charge in [0.25, 0.3) is 11.6 Å². The molecule has 3 rings (SSSR count). The third kappa shape index (κ3) is 5.45. The number of non-ortho nitro benzene ring substituents is 1. The van der Waals surface area contributed by atoms with Crippen molar-refractivity contribution in [3.05, 3.63) is 82.4 Å². The Labute approximate surface area is 178 Å². The van der Waals surface area contributed by atoms with E-state index in [0.29, 0.717) is 33.9 Å².